The molecule has 0 spiro atoms. The lowest BCUT2D eigenvalue weighted by Gasteiger charge is -2.18. The van der Waals surface area contributed by atoms with Gasteiger partial charge in [0.25, 0.3) is 0 Å². The van der Waals surface area contributed by atoms with Gasteiger partial charge in [0.2, 0.25) is 0 Å². The summed E-state index contributed by atoms with van der Waals surface area (Å²) in [6, 6.07) is 25.9. The van der Waals surface area contributed by atoms with Crippen LogP contribution in [0.2, 0.25) is 0 Å². The molecular formula is C26H25N. The second-order valence-electron chi connectivity index (χ2n) is 6.87. The maximum atomic E-state index is 3.71. The molecule has 0 fully saturated rings. The van der Waals surface area contributed by atoms with Crippen LogP contribution in [0.15, 0.2) is 91.0 Å². The first-order valence-electron chi connectivity index (χ1n) is 9.77. The molecule has 0 amide bonds. The minimum Gasteiger partial charge on any atom is -0.355 e. The second kappa shape index (κ2) is 8.09. The van der Waals surface area contributed by atoms with Crippen molar-refractivity contribution in [3.05, 3.63) is 102 Å². The second-order valence-corrected chi connectivity index (χ2v) is 6.87. The third kappa shape index (κ3) is 3.73. The van der Waals surface area contributed by atoms with Crippen LogP contribution in [-0.2, 0) is 6.42 Å². The van der Waals surface area contributed by atoms with E-state index in [9.17, 15) is 0 Å². The Labute approximate surface area is 162 Å². The Hall–Kier alpha value is -3.06. The molecule has 1 aliphatic carbocycles. The van der Waals surface area contributed by atoms with E-state index >= 15 is 0 Å². The molecule has 0 radical (unpaired) electrons. The predicted octanol–water partition coefficient (Wildman–Crippen LogP) is 7.39. The fraction of sp³-hybridized carbons (Fsp3) is 0.154. The lowest BCUT2D eigenvalue weighted by Crippen LogP contribution is -1.98. The van der Waals surface area contributed by atoms with E-state index in [1.807, 2.05) is 0 Å². The number of para-hydroxylation sites is 2. The Kier molecular flexibility index (Phi) is 5.20. The minimum absolute atomic E-state index is 1.03. The summed E-state index contributed by atoms with van der Waals surface area (Å²) in [6.07, 6.45) is 10.1. The molecule has 0 bridgehead atoms. The summed E-state index contributed by atoms with van der Waals surface area (Å²) in [4.78, 5) is 0. The molecule has 1 heteroatoms. The van der Waals surface area contributed by atoms with Gasteiger partial charge in [0.05, 0.1) is 0 Å². The van der Waals surface area contributed by atoms with Gasteiger partial charge in [-0.15, -0.1) is 0 Å². The van der Waals surface area contributed by atoms with E-state index in [2.05, 4.69) is 103 Å². The molecular weight excluding hydrogens is 326 g/mol. The van der Waals surface area contributed by atoms with Crippen molar-refractivity contribution in [3.63, 3.8) is 0 Å². The Morgan fingerprint density at radius 2 is 1.33 bits per heavy atom. The largest absolute Gasteiger partial charge is 0.355 e. The fourth-order valence-corrected chi connectivity index (χ4v) is 3.72. The van der Waals surface area contributed by atoms with E-state index in [0.29, 0.717) is 0 Å². The van der Waals surface area contributed by atoms with Crippen LogP contribution in [0.4, 0.5) is 11.4 Å². The third-order valence-corrected chi connectivity index (χ3v) is 5.12. The van der Waals surface area contributed by atoms with Gasteiger partial charge in [-0.05, 0) is 48.1 Å². The first-order chi connectivity index (χ1) is 13.4. The molecule has 1 aliphatic rings. The number of allylic oxidation sites excluding steroid dienone is 4. The zero-order valence-electron chi connectivity index (χ0n) is 15.8. The number of hydrogen-bond acceptors (Lipinski definition) is 1. The molecule has 4 rings (SSSR count). The molecule has 1 N–H and O–H groups in total. The topological polar surface area (TPSA) is 12.0 Å². The lowest BCUT2D eigenvalue weighted by atomic mass is 9.95. The number of benzene rings is 3. The Balaban J connectivity index is 1.75. The van der Waals surface area contributed by atoms with Crippen molar-refractivity contribution in [3.8, 4) is 11.1 Å². The van der Waals surface area contributed by atoms with Crippen LogP contribution in [-0.4, -0.2) is 0 Å². The molecule has 3 aromatic rings. The molecule has 0 aliphatic heterocycles. The summed E-state index contributed by atoms with van der Waals surface area (Å²) in [7, 11) is 0. The molecule has 3 aromatic carbocycles. The lowest BCUT2D eigenvalue weighted by molar-refractivity contribution is 1.04. The van der Waals surface area contributed by atoms with Crippen LogP contribution in [0, 0.1) is 0 Å². The fourth-order valence-electron chi connectivity index (χ4n) is 3.72. The monoisotopic (exact) mass is 351 g/mol. The van der Waals surface area contributed by atoms with Gasteiger partial charge < -0.3 is 5.32 Å². The first-order valence-corrected chi connectivity index (χ1v) is 9.77. The van der Waals surface area contributed by atoms with Gasteiger partial charge in [0.1, 0.15) is 0 Å². The Bertz CT molecular complexity index is 994. The highest BCUT2D eigenvalue weighted by atomic mass is 14.9. The van der Waals surface area contributed by atoms with Gasteiger partial charge in [-0.3, -0.25) is 0 Å². The molecule has 0 aromatic heterocycles. The van der Waals surface area contributed by atoms with Crippen molar-refractivity contribution >= 4 is 16.9 Å². The van der Waals surface area contributed by atoms with E-state index in [-0.39, 0.29) is 0 Å². The van der Waals surface area contributed by atoms with E-state index in [4.69, 9.17) is 0 Å². The smallest absolute Gasteiger partial charge is 0.0464 e. The molecule has 0 atom stereocenters. The number of aryl methyl sites for hydroxylation is 1. The summed E-state index contributed by atoms with van der Waals surface area (Å²) in [5, 5.41) is 3.71. The summed E-state index contributed by atoms with van der Waals surface area (Å²) < 4.78 is 0. The highest BCUT2D eigenvalue weighted by molar-refractivity contribution is 5.88. The van der Waals surface area contributed by atoms with Crippen molar-refractivity contribution in [2.24, 2.45) is 0 Å². The zero-order chi connectivity index (χ0) is 18.5. The van der Waals surface area contributed by atoms with Gasteiger partial charge in [-0.25, -0.2) is 0 Å². The number of nitrogens with one attached hydrogen (secondary N) is 1. The van der Waals surface area contributed by atoms with E-state index < -0.39 is 0 Å². The SMILES string of the molecule is CCc1ccccc1-c1ccccc1Nc1ccccc1C1=CCCC=C1. The highest BCUT2D eigenvalue weighted by Crippen LogP contribution is 2.35. The van der Waals surface area contributed by atoms with Gasteiger partial charge in [0.15, 0.2) is 0 Å². The normalized spacial score (nSPS) is 13.3. The molecule has 0 saturated heterocycles. The van der Waals surface area contributed by atoms with E-state index in [1.165, 1.54) is 27.8 Å². The van der Waals surface area contributed by atoms with Crippen molar-refractivity contribution in [1.82, 2.24) is 0 Å². The van der Waals surface area contributed by atoms with Gasteiger partial charge in [-0.1, -0.05) is 85.8 Å². The number of hydrogen-bond donors (Lipinski definition) is 1. The van der Waals surface area contributed by atoms with E-state index in [1.54, 1.807) is 0 Å². The molecule has 27 heavy (non-hydrogen) atoms. The molecule has 134 valence electrons. The van der Waals surface area contributed by atoms with E-state index in [0.717, 1.165) is 30.6 Å². The van der Waals surface area contributed by atoms with Crippen molar-refractivity contribution in [2.45, 2.75) is 26.2 Å². The average Bonchev–Trinajstić information content (AvgIpc) is 2.75. The maximum absolute atomic E-state index is 3.71. The van der Waals surface area contributed by atoms with Crippen LogP contribution >= 0.6 is 0 Å². The van der Waals surface area contributed by atoms with Crippen molar-refractivity contribution in [1.29, 1.82) is 0 Å². The highest BCUT2D eigenvalue weighted by Gasteiger charge is 2.11. The Morgan fingerprint density at radius 1 is 0.704 bits per heavy atom. The van der Waals surface area contributed by atoms with Crippen molar-refractivity contribution < 1.29 is 0 Å². The molecule has 0 unspecified atom stereocenters. The number of anilines is 2. The van der Waals surface area contributed by atoms with Crippen molar-refractivity contribution in [2.75, 3.05) is 5.32 Å². The zero-order valence-corrected chi connectivity index (χ0v) is 15.8. The molecule has 0 heterocycles. The Morgan fingerprint density at radius 3 is 2.04 bits per heavy atom. The predicted molar refractivity (Wildman–Crippen MR) is 117 cm³/mol. The maximum Gasteiger partial charge on any atom is 0.0464 e. The molecule has 1 nitrogen and oxygen atoms in total. The molecule has 0 saturated carbocycles. The summed E-state index contributed by atoms with van der Waals surface area (Å²) in [6.45, 7) is 2.21. The number of rotatable bonds is 5. The van der Waals surface area contributed by atoms with Crippen LogP contribution in [0.5, 0.6) is 0 Å². The third-order valence-electron chi connectivity index (χ3n) is 5.12. The minimum atomic E-state index is 1.03. The standard InChI is InChI=1S/C26H25N/c1-2-20-12-6-7-15-22(20)24-17-9-11-19-26(24)27-25-18-10-8-16-23(25)21-13-4-3-5-14-21/h4,6-19,27H,2-3,5H2,1H3. The summed E-state index contributed by atoms with van der Waals surface area (Å²) in [5.41, 5.74) is 8.78. The van der Waals surface area contributed by atoms with Crippen LogP contribution in [0.1, 0.15) is 30.9 Å². The van der Waals surface area contributed by atoms with Crippen LogP contribution < -0.4 is 5.32 Å². The van der Waals surface area contributed by atoms with Gasteiger partial charge in [-0.2, -0.15) is 0 Å². The quantitative estimate of drug-likeness (QED) is 0.505. The summed E-state index contributed by atoms with van der Waals surface area (Å²) >= 11 is 0. The summed E-state index contributed by atoms with van der Waals surface area (Å²) in [5.74, 6) is 0. The van der Waals surface area contributed by atoms with Crippen LogP contribution in [0.3, 0.4) is 0 Å². The van der Waals surface area contributed by atoms with Crippen LogP contribution in [0.25, 0.3) is 16.7 Å². The average molecular weight is 351 g/mol. The first kappa shape index (κ1) is 17.4. The van der Waals surface area contributed by atoms with Gasteiger partial charge in [0, 0.05) is 22.5 Å². The van der Waals surface area contributed by atoms with Gasteiger partial charge >= 0.3 is 0 Å².